The standard InChI is InChI=1S/C64H68O14Si12/c1-13-79(5,6)65-83(57-41-25-17-26-42-57)69-87(61-49-33-21-34-50-61)71-84(66-80(7,8)14-2,58-43-27-18-28-44-58)72-88(70-83,62-51-35-22-36-52-62)78-90(64-55-39-24-40-56-64)74-85(67-81(9,10)15-3,59-45-29-19-30-46-59)73-89(77-87,63-53-37-23-38-54-63)75-86(76-90,68-82(11,12)16-4)60-47-31-20-32-48-60/h1-4,17-56H,5-12H3. The predicted molar refractivity (Wildman–Crippen MR) is 375 cm³/mol. The fourth-order valence-corrected chi connectivity index (χ4v) is 65.2. The van der Waals surface area contributed by atoms with Crippen molar-refractivity contribution in [2.24, 2.45) is 0 Å². The van der Waals surface area contributed by atoms with Gasteiger partial charge in [0.2, 0.25) is 0 Å². The van der Waals surface area contributed by atoms with E-state index in [0.29, 0.717) is 41.5 Å². The van der Waals surface area contributed by atoms with Crippen LogP contribution in [0.25, 0.3) is 0 Å². The van der Waals surface area contributed by atoms with E-state index in [1.54, 1.807) is 0 Å². The van der Waals surface area contributed by atoms with Gasteiger partial charge in [-0.2, -0.15) is 0 Å². The third kappa shape index (κ3) is 13.2. The van der Waals surface area contributed by atoms with Gasteiger partial charge in [0.25, 0.3) is 33.3 Å². The number of hydrogen-bond donors (Lipinski definition) is 0. The molecule has 12 rings (SSSR count). The largest absolute Gasteiger partial charge is 0.515 e. The van der Waals surface area contributed by atoms with E-state index in [9.17, 15) is 0 Å². The summed E-state index contributed by atoms with van der Waals surface area (Å²) < 4.78 is 117. The summed E-state index contributed by atoms with van der Waals surface area (Å²) in [5, 5.41) is 3.24. The second-order valence-corrected chi connectivity index (χ2v) is 61.6. The lowest BCUT2D eigenvalue weighted by molar-refractivity contribution is 0.0488. The lowest BCUT2D eigenvalue weighted by Crippen LogP contribution is -2.91. The summed E-state index contributed by atoms with van der Waals surface area (Å²) in [6.45, 7) is 15.1. The quantitative estimate of drug-likeness (QED) is 0.0768. The highest BCUT2D eigenvalue weighted by atomic mass is 28.6. The van der Waals surface area contributed by atoms with Crippen LogP contribution in [0.3, 0.4) is 0 Å². The molecule has 4 saturated heterocycles. The van der Waals surface area contributed by atoms with Crippen LogP contribution in [0.5, 0.6) is 0 Å². The molecule has 0 spiro atoms. The van der Waals surface area contributed by atoms with Crippen molar-refractivity contribution in [2.45, 2.75) is 52.4 Å². The molecule has 4 bridgehead atoms. The Morgan fingerprint density at radius 3 is 0.489 bits per heavy atom. The molecule has 0 atom stereocenters. The molecule has 4 fully saturated rings. The first-order chi connectivity index (χ1) is 43.0. The number of hydrogen-bond acceptors (Lipinski definition) is 14. The molecule has 4 aliphatic rings. The third-order valence-corrected chi connectivity index (χ3v) is 59.7. The first kappa shape index (κ1) is 65.5. The van der Waals surface area contributed by atoms with Gasteiger partial charge in [-0.1, -0.05) is 243 Å². The van der Waals surface area contributed by atoms with Crippen LogP contribution in [0.4, 0.5) is 0 Å². The van der Waals surface area contributed by atoms with Crippen molar-refractivity contribution < 1.29 is 57.6 Å². The van der Waals surface area contributed by atoms with Crippen LogP contribution in [-0.2, 0) is 57.6 Å². The van der Waals surface area contributed by atoms with Gasteiger partial charge in [0.05, 0.1) is 0 Å². The summed E-state index contributed by atoms with van der Waals surface area (Å²) >= 11 is 0. The van der Waals surface area contributed by atoms with Gasteiger partial charge < -0.3 is 57.6 Å². The van der Waals surface area contributed by atoms with Gasteiger partial charge in [0.1, 0.15) is 0 Å². The maximum Gasteiger partial charge on any atom is 0.515 e. The SMILES string of the molecule is C#C[Si](C)(C)O[Si]1(c2ccccc2)O[Si]2(c3ccccc3)O[Si](O[Si](C)(C)C#C)(c3ccccc3)O[Si](c3ccccc3)(O1)O[Si]1(c3ccccc3)O[Si](O[Si](C)(C)C#C)(c3ccccc3)O[Si](c3ccccc3)(O[Si](O[Si](C)(C)C#C)(c3ccccc3)O1)O2. The summed E-state index contributed by atoms with van der Waals surface area (Å²) in [6.07, 6.45) is 26.7. The first-order valence-electron chi connectivity index (χ1n) is 29.2. The lowest BCUT2D eigenvalue weighted by atomic mass is 10.4. The molecular weight excluding hydrogens is 1330 g/mol. The van der Waals surface area contributed by atoms with E-state index in [2.05, 4.69) is 22.2 Å². The average Bonchev–Trinajstić information content (AvgIpc) is 0.688. The zero-order valence-electron chi connectivity index (χ0n) is 51.1. The second kappa shape index (κ2) is 25.5. The molecule has 26 heteroatoms. The summed E-state index contributed by atoms with van der Waals surface area (Å²) in [5.41, 5.74) is 12.2. The van der Waals surface area contributed by atoms with Crippen LogP contribution in [0.1, 0.15) is 0 Å². The molecule has 90 heavy (non-hydrogen) atoms. The van der Waals surface area contributed by atoms with E-state index >= 15 is 0 Å². The highest BCUT2D eigenvalue weighted by Gasteiger charge is 2.81. The minimum Gasteiger partial charge on any atom is -0.402 e. The Morgan fingerprint density at radius 1 is 0.222 bits per heavy atom. The van der Waals surface area contributed by atoms with Crippen LogP contribution < -0.4 is 41.5 Å². The van der Waals surface area contributed by atoms with Crippen molar-refractivity contribution in [3.63, 3.8) is 0 Å². The Balaban J connectivity index is 1.47. The minimum absolute atomic E-state index is 0.363. The average molecular weight is 1400 g/mol. The Labute approximate surface area is 541 Å². The van der Waals surface area contributed by atoms with Crippen LogP contribution >= 0.6 is 0 Å². The van der Waals surface area contributed by atoms with E-state index in [1.807, 2.05) is 295 Å². The zero-order chi connectivity index (χ0) is 63.6. The lowest BCUT2D eigenvalue weighted by Gasteiger charge is -2.58. The second-order valence-electron chi connectivity index (χ2n) is 23.4. The molecule has 0 amide bonds. The van der Waals surface area contributed by atoms with Gasteiger partial charge in [-0.3, -0.25) is 0 Å². The van der Waals surface area contributed by atoms with E-state index in [-0.39, 0.29) is 0 Å². The van der Waals surface area contributed by atoms with E-state index < -0.39 is 104 Å². The molecule has 0 aromatic heterocycles. The van der Waals surface area contributed by atoms with Crippen LogP contribution in [0.2, 0.25) is 52.4 Å². The summed E-state index contributed by atoms with van der Waals surface area (Å²) in [4.78, 5) is 0. The number of fused-ring (bicyclic) bond motifs is 4. The highest BCUT2D eigenvalue weighted by Crippen LogP contribution is 2.44. The molecular formula is C64H68O14Si12. The molecule has 4 aliphatic heterocycles. The first-order valence-corrected chi connectivity index (χ1v) is 54.6. The smallest absolute Gasteiger partial charge is 0.402 e. The van der Waals surface area contributed by atoms with Crippen molar-refractivity contribution in [2.75, 3.05) is 0 Å². The molecule has 0 N–H and O–H groups in total. The van der Waals surface area contributed by atoms with Crippen LogP contribution in [0.15, 0.2) is 243 Å². The van der Waals surface area contributed by atoms with Gasteiger partial charge in [-0.15, -0.1) is 47.9 Å². The molecule has 14 nitrogen and oxygen atoms in total. The maximum absolute atomic E-state index is 8.71. The van der Waals surface area contributed by atoms with Crippen LogP contribution in [0, 0.1) is 47.9 Å². The molecule has 8 aromatic rings. The van der Waals surface area contributed by atoms with E-state index in [0.717, 1.165) is 0 Å². The van der Waals surface area contributed by atoms with Crippen molar-refractivity contribution >= 4 is 145 Å². The Kier molecular flexibility index (Phi) is 18.6. The number of rotatable bonds is 16. The van der Waals surface area contributed by atoms with E-state index in [4.69, 9.17) is 83.3 Å². The van der Waals surface area contributed by atoms with Crippen molar-refractivity contribution in [1.82, 2.24) is 0 Å². The number of benzene rings is 8. The summed E-state index contributed by atoms with van der Waals surface area (Å²) in [7, 11) is -56.4. The normalized spacial score (nSPS) is 28.0. The predicted octanol–water partition coefficient (Wildman–Crippen LogP) is 6.54. The van der Waals surface area contributed by atoms with Gasteiger partial charge in [-0.05, 0) is 52.4 Å². The van der Waals surface area contributed by atoms with Gasteiger partial charge in [0, 0.05) is 41.5 Å². The van der Waals surface area contributed by atoms with Gasteiger partial charge in [0.15, 0.2) is 0 Å². The zero-order valence-corrected chi connectivity index (χ0v) is 63.1. The monoisotopic (exact) mass is 1400 g/mol. The Bertz CT molecular complexity index is 3430. The van der Waals surface area contributed by atoms with Gasteiger partial charge in [-0.25, -0.2) is 0 Å². The third-order valence-electron chi connectivity index (χ3n) is 14.7. The van der Waals surface area contributed by atoms with E-state index in [1.165, 1.54) is 0 Å². The minimum atomic E-state index is -5.49. The number of terminal acetylenes is 4. The molecule has 456 valence electrons. The topological polar surface area (TPSA) is 129 Å². The summed E-state index contributed by atoms with van der Waals surface area (Å²) in [5.74, 6) is 0. The maximum atomic E-state index is 8.71. The Morgan fingerprint density at radius 2 is 0.356 bits per heavy atom. The molecule has 4 heterocycles. The van der Waals surface area contributed by atoms with Crippen molar-refractivity contribution in [1.29, 1.82) is 0 Å². The molecule has 8 aromatic carbocycles. The van der Waals surface area contributed by atoms with Crippen LogP contribution in [-0.4, -0.2) is 104 Å². The fourth-order valence-electron chi connectivity index (χ4n) is 10.3. The Hall–Kier alpha value is -5.96. The molecule has 0 aliphatic carbocycles. The fraction of sp³-hybridized carbons (Fsp3) is 0.125. The van der Waals surface area contributed by atoms with Gasteiger partial charge >= 0.3 is 70.4 Å². The highest BCUT2D eigenvalue weighted by molar-refractivity contribution is 7.12. The van der Waals surface area contributed by atoms with Crippen molar-refractivity contribution in [3.05, 3.63) is 243 Å². The molecule has 0 radical (unpaired) electrons. The molecule has 0 unspecified atom stereocenters. The summed E-state index contributed by atoms with van der Waals surface area (Å²) in [6, 6.07) is 74.8. The molecule has 0 saturated carbocycles. The van der Waals surface area contributed by atoms with Crippen molar-refractivity contribution in [3.8, 4) is 47.9 Å².